The molecular weight excluding hydrogens is 365 g/mol. The van der Waals surface area contributed by atoms with Crippen LogP contribution in [0.5, 0.6) is 0 Å². The van der Waals surface area contributed by atoms with Crippen LogP contribution >= 0.6 is 0 Å². The van der Waals surface area contributed by atoms with Gasteiger partial charge in [-0.05, 0) is 72.8 Å². The van der Waals surface area contributed by atoms with Crippen LogP contribution in [0.3, 0.4) is 0 Å². The molecule has 1 atom stereocenters. The Hall–Kier alpha value is -1.53. The molecule has 3 aliphatic carbocycles. The van der Waals surface area contributed by atoms with Crippen LogP contribution in [-0.4, -0.2) is 40.5 Å². The number of carbonyl (C=O) groups excluding carboxylic acids is 1. The third kappa shape index (κ3) is 3.38. The maximum absolute atomic E-state index is 13.3. The van der Waals surface area contributed by atoms with Crippen LogP contribution in [0.25, 0.3) is 0 Å². The first kappa shape index (κ1) is 20.7. The predicted molar refractivity (Wildman–Crippen MR) is 114 cm³/mol. The van der Waals surface area contributed by atoms with E-state index < -0.39 is 5.60 Å². The summed E-state index contributed by atoms with van der Waals surface area (Å²) >= 11 is 0. The third-order valence-electron chi connectivity index (χ3n) is 7.26. The highest BCUT2D eigenvalue weighted by Crippen LogP contribution is 2.71. The van der Waals surface area contributed by atoms with Gasteiger partial charge < -0.3 is 14.0 Å². The van der Waals surface area contributed by atoms with Crippen molar-refractivity contribution in [3.8, 4) is 0 Å². The zero-order valence-corrected chi connectivity index (χ0v) is 18.8. The molecule has 0 aromatic heterocycles. The van der Waals surface area contributed by atoms with Crippen LogP contribution in [-0.2, 0) is 20.6 Å². The van der Waals surface area contributed by atoms with E-state index in [-0.39, 0.29) is 35.8 Å². The molecule has 1 aromatic rings. The smallest absolute Gasteiger partial charge is 0.444 e. The van der Waals surface area contributed by atoms with Gasteiger partial charge in [-0.15, -0.1) is 0 Å². The zero-order chi connectivity index (χ0) is 21.2. The van der Waals surface area contributed by atoms with Crippen molar-refractivity contribution >= 4 is 13.2 Å². The fourth-order valence-corrected chi connectivity index (χ4v) is 4.89. The van der Waals surface area contributed by atoms with E-state index in [4.69, 9.17) is 14.0 Å². The topological polar surface area (TPSA) is 48.0 Å². The zero-order valence-electron chi connectivity index (χ0n) is 18.8. The molecule has 2 bridgehead atoms. The fourth-order valence-electron chi connectivity index (χ4n) is 4.89. The summed E-state index contributed by atoms with van der Waals surface area (Å²) < 4.78 is 18.6. The van der Waals surface area contributed by atoms with Gasteiger partial charge in [0.2, 0.25) is 0 Å². The number of rotatable bonds is 4. The molecule has 1 aromatic carbocycles. The molecule has 1 saturated heterocycles. The second-order valence-electron chi connectivity index (χ2n) is 11.0. The number of benzene rings is 1. The number of hydrogen-bond acceptors (Lipinski definition) is 4. The molecule has 4 fully saturated rings. The summed E-state index contributed by atoms with van der Waals surface area (Å²) in [6.45, 7) is 14.6. The molecule has 1 amide bonds. The van der Waals surface area contributed by atoms with Crippen molar-refractivity contribution in [1.29, 1.82) is 0 Å². The summed E-state index contributed by atoms with van der Waals surface area (Å²) in [5, 5.41) is 0. The van der Waals surface area contributed by atoms with Gasteiger partial charge in [-0.25, -0.2) is 4.79 Å². The molecule has 29 heavy (non-hydrogen) atoms. The van der Waals surface area contributed by atoms with Gasteiger partial charge in [0.25, 0.3) is 0 Å². The lowest BCUT2D eigenvalue weighted by Gasteiger charge is -2.71. The van der Waals surface area contributed by atoms with E-state index >= 15 is 0 Å². The van der Waals surface area contributed by atoms with Crippen LogP contribution in [0.15, 0.2) is 30.3 Å². The second kappa shape index (κ2) is 6.48. The summed E-state index contributed by atoms with van der Waals surface area (Å²) in [5.41, 5.74) is -0.399. The van der Waals surface area contributed by atoms with E-state index in [0.717, 1.165) is 18.4 Å². The lowest BCUT2D eigenvalue weighted by atomic mass is 9.31. The Kier molecular flexibility index (Phi) is 4.64. The van der Waals surface area contributed by atoms with Crippen LogP contribution < -0.4 is 0 Å². The number of amides is 1. The maximum Gasteiger partial charge on any atom is 0.463 e. The van der Waals surface area contributed by atoms with Crippen molar-refractivity contribution < 1.29 is 18.8 Å². The van der Waals surface area contributed by atoms with Crippen molar-refractivity contribution in [2.45, 2.75) is 96.0 Å². The lowest BCUT2D eigenvalue weighted by Crippen LogP contribution is -2.76. The number of carbonyl (C=O) groups is 1. The SMILES string of the molecule is CC(C)(C)OC(=O)N(Cc1ccccc1)C12CC(C1)C2B1OC(C)(C)C(C)(C)O1. The standard InChI is InChI=1S/C23H34BNO4/c1-20(2,3)27-19(26)25(15-16-11-9-8-10-12-16)23-13-17(14-23)18(23)24-28-21(4,5)22(6,7)29-24/h8-12,17-18H,13-15H2,1-7H3. The molecule has 4 aliphatic rings. The highest BCUT2D eigenvalue weighted by atomic mass is 16.7. The quantitative estimate of drug-likeness (QED) is 0.665. The monoisotopic (exact) mass is 399 g/mol. The Morgan fingerprint density at radius 1 is 1.10 bits per heavy atom. The van der Waals surface area contributed by atoms with Gasteiger partial charge in [0.15, 0.2) is 0 Å². The van der Waals surface area contributed by atoms with E-state index in [1.807, 2.05) is 43.9 Å². The lowest BCUT2D eigenvalue weighted by molar-refractivity contribution is -0.149. The molecule has 1 aliphatic heterocycles. The molecule has 6 heteroatoms. The van der Waals surface area contributed by atoms with Crippen molar-refractivity contribution in [2.24, 2.45) is 5.92 Å². The van der Waals surface area contributed by atoms with Crippen molar-refractivity contribution in [3.05, 3.63) is 35.9 Å². The van der Waals surface area contributed by atoms with Crippen molar-refractivity contribution in [1.82, 2.24) is 4.90 Å². The Balaban J connectivity index is 1.60. The van der Waals surface area contributed by atoms with Gasteiger partial charge in [-0.2, -0.15) is 0 Å². The summed E-state index contributed by atoms with van der Waals surface area (Å²) in [7, 11) is -0.284. The molecule has 158 valence electrons. The molecule has 1 unspecified atom stereocenters. The van der Waals surface area contributed by atoms with Crippen LogP contribution in [0.1, 0.15) is 66.9 Å². The van der Waals surface area contributed by atoms with E-state index in [0.29, 0.717) is 12.5 Å². The highest BCUT2D eigenvalue weighted by Gasteiger charge is 2.75. The minimum atomic E-state index is -0.532. The van der Waals surface area contributed by atoms with Crippen molar-refractivity contribution in [2.75, 3.05) is 0 Å². The molecule has 5 rings (SSSR count). The van der Waals surface area contributed by atoms with Gasteiger partial charge in [0.05, 0.1) is 11.2 Å². The van der Waals surface area contributed by atoms with E-state index in [2.05, 4.69) is 39.8 Å². The Labute approximate surface area is 175 Å². The Morgan fingerprint density at radius 2 is 1.66 bits per heavy atom. The molecular formula is C23H34BNO4. The maximum atomic E-state index is 13.3. The number of nitrogens with zero attached hydrogens (tertiary/aromatic N) is 1. The summed E-state index contributed by atoms with van der Waals surface area (Å²) in [5.74, 6) is 0.741. The first-order chi connectivity index (χ1) is 13.3. The van der Waals surface area contributed by atoms with E-state index in [1.165, 1.54) is 0 Å². The van der Waals surface area contributed by atoms with Gasteiger partial charge in [0.1, 0.15) is 5.60 Å². The van der Waals surface area contributed by atoms with Crippen LogP contribution in [0.2, 0.25) is 5.82 Å². The van der Waals surface area contributed by atoms with Crippen molar-refractivity contribution in [3.63, 3.8) is 0 Å². The first-order valence-corrected chi connectivity index (χ1v) is 10.7. The van der Waals surface area contributed by atoms with Gasteiger partial charge >= 0.3 is 13.2 Å². The van der Waals surface area contributed by atoms with Gasteiger partial charge in [-0.3, -0.25) is 4.90 Å². The van der Waals surface area contributed by atoms with E-state index in [9.17, 15) is 4.79 Å². The van der Waals surface area contributed by atoms with E-state index in [1.54, 1.807) is 0 Å². The molecule has 5 nitrogen and oxygen atoms in total. The molecule has 1 heterocycles. The number of ether oxygens (including phenoxy) is 1. The second-order valence-corrected chi connectivity index (χ2v) is 11.0. The van der Waals surface area contributed by atoms with Crippen LogP contribution in [0, 0.1) is 5.92 Å². The first-order valence-electron chi connectivity index (χ1n) is 10.7. The molecule has 0 spiro atoms. The molecule has 3 saturated carbocycles. The summed E-state index contributed by atoms with van der Waals surface area (Å²) in [4.78, 5) is 15.2. The highest BCUT2D eigenvalue weighted by molar-refractivity contribution is 6.49. The third-order valence-corrected chi connectivity index (χ3v) is 7.26. The minimum Gasteiger partial charge on any atom is -0.444 e. The fraction of sp³-hybridized carbons (Fsp3) is 0.696. The predicted octanol–water partition coefficient (Wildman–Crippen LogP) is 5.05. The van der Waals surface area contributed by atoms with Gasteiger partial charge in [0, 0.05) is 17.9 Å². The minimum absolute atomic E-state index is 0.194. The largest absolute Gasteiger partial charge is 0.463 e. The summed E-state index contributed by atoms with van der Waals surface area (Å²) in [6, 6.07) is 10.1. The molecule has 0 N–H and O–H groups in total. The average Bonchev–Trinajstić information content (AvgIpc) is 2.70. The molecule has 0 radical (unpaired) electrons. The number of hydrogen-bond donors (Lipinski definition) is 0. The Bertz CT molecular complexity index is 764. The Morgan fingerprint density at radius 3 is 2.10 bits per heavy atom. The van der Waals surface area contributed by atoms with Gasteiger partial charge in [-0.1, -0.05) is 30.3 Å². The van der Waals surface area contributed by atoms with Crippen LogP contribution in [0.4, 0.5) is 4.79 Å². The summed E-state index contributed by atoms with van der Waals surface area (Å²) in [6.07, 6.45) is 1.74. The normalized spacial score (nSPS) is 31.6. The average molecular weight is 399 g/mol.